The Morgan fingerprint density at radius 3 is 2.23 bits per heavy atom. The van der Waals surface area contributed by atoms with Crippen molar-refractivity contribution in [3.8, 4) is 6.57 Å². The van der Waals surface area contributed by atoms with Gasteiger partial charge in [0.2, 0.25) is 0 Å². The Labute approximate surface area is 229 Å². The summed E-state index contributed by atoms with van der Waals surface area (Å²) in [5, 5.41) is 29.8. The molecule has 220 valence electrons. The molecule has 0 radical (unpaired) electrons. The molecule has 1 atom stereocenters. The lowest BCUT2D eigenvalue weighted by Gasteiger charge is -2.26. The van der Waals surface area contributed by atoms with Crippen LogP contribution in [-0.2, 0) is 30.2 Å². The molecule has 3 heterocycles. The van der Waals surface area contributed by atoms with Crippen LogP contribution in [0.1, 0.15) is 59.1 Å². The Hall–Kier alpha value is -3.96. The number of aryl methyl sites for hydroxylation is 1. The van der Waals surface area contributed by atoms with E-state index in [2.05, 4.69) is 22.0 Å². The van der Waals surface area contributed by atoms with Crippen LogP contribution in [0, 0.1) is 11.8 Å². The number of ether oxygens (including phenoxy) is 3. The number of nitrogens with two attached hydrogens (primary N) is 1. The zero-order valence-electron chi connectivity index (χ0n) is 23.3. The standard InChI is InChI=1S/C15H21N5O4.C5H8O4.2C2H6.CHN/c1-22-11(8-23-15(21)24-12-6-17-7-12)4-2-10-3-5-13-14(16)18-9-19-20(10)13;6-4(7)2-1-3-5(8)9;3*1-2/h3,5,9,11-12,17H,2,4,6-8H2,1H3,(H2,16,18,19);1-3H2,(H,6,7)(H,8,9);2*1-2H3;1H. The summed E-state index contributed by atoms with van der Waals surface area (Å²) in [6.45, 7) is 13.0. The maximum absolute atomic E-state index is 11.5. The maximum Gasteiger partial charge on any atom is 0.508 e. The van der Waals surface area contributed by atoms with Crippen LogP contribution in [-0.4, -0.2) is 81.9 Å². The first-order chi connectivity index (χ1) is 18.8. The topological polar surface area (TPSA) is 211 Å². The minimum absolute atomic E-state index is 0.0632. The number of rotatable bonds is 11. The molecule has 2 aromatic rings. The highest BCUT2D eigenvalue weighted by Gasteiger charge is 2.22. The quantitative estimate of drug-likeness (QED) is 0.295. The minimum atomic E-state index is -0.948. The molecule has 14 heteroatoms. The number of aliphatic carboxylic acids is 2. The number of carboxylic acids is 2. The predicted octanol–water partition coefficient (Wildman–Crippen LogP) is 2.90. The van der Waals surface area contributed by atoms with E-state index in [4.69, 9.17) is 35.4 Å². The fraction of sp³-hybridized carbons (Fsp3) is 0.600. The zero-order chi connectivity index (χ0) is 30.2. The number of carbonyl (C=O) groups is 3. The molecule has 1 aliphatic rings. The Morgan fingerprint density at radius 2 is 1.74 bits per heavy atom. The highest BCUT2D eigenvalue weighted by atomic mass is 16.7. The second-order valence-electron chi connectivity index (χ2n) is 7.26. The molecule has 0 bridgehead atoms. The molecule has 3 rings (SSSR count). The molecule has 5 N–H and O–H groups in total. The molecule has 1 saturated heterocycles. The number of hydrogen-bond donors (Lipinski definition) is 4. The van der Waals surface area contributed by atoms with Gasteiger partial charge in [-0.2, -0.15) is 5.10 Å². The van der Waals surface area contributed by atoms with Gasteiger partial charge >= 0.3 is 18.1 Å². The molecule has 39 heavy (non-hydrogen) atoms. The second-order valence-corrected chi connectivity index (χ2v) is 7.26. The third-order valence-corrected chi connectivity index (χ3v) is 4.79. The van der Waals surface area contributed by atoms with Crippen LogP contribution in [0.4, 0.5) is 10.6 Å². The number of carboxylic acid groups (broad SMARTS) is 2. The maximum atomic E-state index is 11.5. The minimum Gasteiger partial charge on any atom is -0.481 e. The molecule has 2 aromatic heterocycles. The molecular formula is C25H42N6O8. The molecule has 14 nitrogen and oxygen atoms in total. The number of carbonyl (C=O) groups excluding carboxylic acids is 1. The number of nitrogen functional groups attached to an aromatic ring is 1. The number of aromatic nitrogens is 3. The van der Waals surface area contributed by atoms with Crippen LogP contribution in [0.15, 0.2) is 18.5 Å². The van der Waals surface area contributed by atoms with Crippen LogP contribution in [0.2, 0.25) is 0 Å². The number of fused-ring (bicyclic) bond motifs is 1. The van der Waals surface area contributed by atoms with Crippen molar-refractivity contribution in [2.24, 2.45) is 0 Å². The molecule has 0 amide bonds. The van der Waals surface area contributed by atoms with Gasteiger partial charge in [-0.15, -0.1) is 0 Å². The van der Waals surface area contributed by atoms with Gasteiger partial charge in [0.1, 0.15) is 24.6 Å². The van der Waals surface area contributed by atoms with E-state index in [9.17, 15) is 14.4 Å². The van der Waals surface area contributed by atoms with E-state index in [0.29, 0.717) is 31.7 Å². The number of methoxy groups -OCH3 is 1. The molecule has 0 aliphatic carbocycles. The summed E-state index contributed by atoms with van der Waals surface area (Å²) in [4.78, 5) is 35.1. The van der Waals surface area contributed by atoms with Crippen LogP contribution in [0.5, 0.6) is 0 Å². The van der Waals surface area contributed by atoms with Crippen LogP contribution in [0.25, 0.3) is 5.52 Å². The first kappa shape index (κ1) is 37.2. The van der Waals surface area contributed by atoms with Crippen LogP contribution >= 0.6 is 0 Å². The second kappa shape index (κ2) is 23.2. The summed E-state index contributed by atoms with van der Waals surface area (Å²) in [7, 11) is 1.59. The molecule has 1 unspecified atom stereocenters. The van der Waals surface area contributed by atoms with Gasteiger partial charge in [-0.05, 0) is 31.4 Å². The van der Waals surface area contributed by atoms with Crippen molar-refractivity contribution in [3.63, 3.8) is 0 Å². The van der Waals surface area contributed by atoms with Crippen LogP contribution < -0.4 is 11.1 Å². The Morgan fingerprint density at radius 1 is 1.15 bits per heavy atom. The van der Waals surface area contributed by atoms with Crippen molar-refractivity contribution in [2.75, 3.05) is 32.5 Å². The smallest absolute Gasteiger partial charge is 0.481 e. The van der Waals surface area contributed by atoms with Gasteiger partial charge in [0.05, 0.1) is 6.10 Å². The van der Waals surface area contributed by atoms with Gasteiger partial charge in [0.15, 0.2) is 5.82 Å². The van der Waals surface area contributed by atoms with Gasteiger partial charge in [-0.3, -0.25) is 9.59 Å². The van der Waals surface area contributed by atoms with E-state index in [1.165, 1.54) is 6.33 Å². The fourth-order valence-corrected chi connectivity index (χ4v) is 2.84. The predicted molar refractivity (Wildman–Crippen MR) is 144 cm³/mol. The molecule has 0 saturated carbocycles. The number of hydrogen-bond acceptors (Lipinski definition) is 11. The van der Waals surface area contributed by atoms with Gasteiger partial charge in [0, 0.05) is 45.3 Å². The first-order valence-corrected chi connectivity index (χ1v) is 12.6. The first-order valence-electron chi connectivity index (χ1n) is 12.6. The van der Waals surface area contributed by atoms with Crippen molar-refractivity contribution in [3.05, 3.63) is 24.2 Å². The zero-order valence-corrected chi connectivity index (χ0v) is 23.3. The van der Waals surface area contributed by atoms with E-state index in [1.54, 1.807) is 11.6 Å². The Kier molecular flexibility index (Phi) is 22.1. The van der Waals surface area contributed by atoms with Crippen molar-refractivity contribution >= 4 is 29.4 Å². The molecule has 1 fully saturated rings. The SMILES string of the molecule is C#N.CC.CC.COC(CCc1ccc2c(N)ncnn12)COC(=O)OC1CNC1.O=C(O)CCCC(=O)O. The van der Waals surface area contributed by atoms with Crippen molar-refractivity contribution < 1.29 is 38.8 Å². The van der Waals surface area contributed by atoms with Gasteiger partial charge < -0.3 is 35.5 Å². The lowest BCUT2D eigenvalue weighted by Crippen LogP contribution is -2.49. The number of nitrogens with one attached hydrogen (secondary N) is 1. The van der Waals surface area contributed by atoms with E-state index in [1.807, 2.05) is 39.8 Å². The van der Waals surface area contributed by atoms with Gasteiger partial charge in [0.25, 0.3) is 0 Å². The summed E-state index contributed by atoms with van der Waals surface area (Å²) >= 11 is 0. The lowest BCUT2D eigenvalue weighted by atomic mass is 10.1. The van der Waals surface area contributed by atoms with E-state index < -0.39 is 18.1 Å². The number of nitrogens with zero attached hydrogens (tertiary/aromatic N) is 4. The van der Waals surface area contributed by atoms with E-state index in [0.717, 1.165) is 11.2 Å². The average molecular weight is 555 g/mol. The summed E-state index contributed by atoms with van der Waals surface area (Å²) in [6, 6.07) is 3.83. The normalized spacial score (nSPS) is 12.2. The fourth-order valence-electron chi connectivity index (χ4n) is 2.84. The molecule has 0 aromatic carbocycles. The highest BCUT2D eigenvalue weighted by molar-refractivity contribution is 5.70. The lowest BCUT2D eigenvalue weighted by molar-refractivity contribution is -0.138. The van der Waals surface area contributed by atoms with Crippen LogP contribution in [0.3, 0.4) is 0 Å². The van der Waals surface area contributed by atoms with E-state index >= 15 is 0 Å². The average Bonchev–Trinajstić information content (AvgIpc) is 3.34. The third-order valence-electron chi connectivity index (χ3n) is 4.79. The summed E-state index contributed by atoms with van der Waals surface area (Å²) < 4.78 is 17.3. The van der Waals surface area contributed by atoms with Gasteiger partial charge in [-0.25, -0.2) is 19.6 Å². The van der Waals surface area contributed by atoms with Crippen molar-refractivity contribution in [1.82, 2.24) is 19.9 Å². The Bertz CT molecular complexity index is 964. The molecule has 1 aliphatic heterocycles. The third kappa shape index (κ3) is 15.8. The highest BCUT2D eigenvalue weighted by Crippen LogP contribution is 2.15. The Balaban J connectivity index is 0. The number of anilines is 1. The monoisotopic (exact) mass is 554 g/mol. The molecule has 0 spiro atoms. The summed E-state index contributed by atoms with van der Waals surface area (Å²) in [5.74, 6) is -1.45. The van der Waals surface area contributed by atoms with Crippen molar-refractivity contribution in [1.29, 1.82) is 5.26 Å². The largest absolute Gasteiger partial charge is 0.508 e. The summed E-state index contributed by atoms with van der Waals surface area (Å²) in [5.41, 5.74) is 7.58. The van der Waals surface area contributed by atoms with Gasteiger partial charge in [-0.1, -0.05) is 27.7 Å². The van der Waals surface area contributed by atoms with E-state index in [-0.39, 0.29) is 38.1 Å². The summed E-state index contributed by atoms with van der Waals surface area (Å²) in [6.07, 6.45) is 1.92. The molecular weight excluding hydrogens is 512 g/mol. The number of nitriles is 1. The van der Waals surface area contributed by atoms with Crippen molar-refractivity contribution in [2.45, 2.75) is 72.0 Å².